The number of anilines is 1. The van der Waals surface area contributed by atoms with Crippen molar-refractivity contribution >= 4 is 35.3 Å². The van der Waals surface area contributed by atoms with E-state index in [1.807, 2.05) is 69.3 Å². The Morgan fingerprint density at radius 1 is 1.21 bits per heavy atom. The van der Waals surface area contributed by atoms with Crippen LogP contribution in [0.4, 0.5) is 5.95 Å². The Labute approximate surface area is 208 Å². The van der Waals surface area contributed by atoms with Gasteiger partial charge < -0.3 is 14.8 Å². The van der Waals surface area contributed by atoms with Gasteiger partial charge in [-0.25, -0.2) is 9.48 Å². The number of ether oxygens (including phenoxy) is 2. The van der Waals surface area contributed by atoms with Crippen LogP contribution in [0.2, 0.25) is 5.02 Å². The lowest BCUT2D eigenvalue weighted by Gasteiger charge is -2.28. The number of benzene rings is 2. The minimum absolute atomic E-state index is 0.0709. The summed E-state index contributed by atoms with van der Waals surface area (Å²) in [5.41, 5.74) is 3.08. The molecule has 9 heteroatoms. The number of carbonyl (C=O) groups excluding carboxylic acids is 1. The molecule has 3 aromatic rings. The number of hydrogen-bond acceptors (Lipinski definition) is 7. The second-order valence-electron chi connectivity index (χ2n) is 8.06. The summed E-state index contributed by atoms with van der Waals surface area (Å²) in [6.45, 7) is 7.89. The van der Waals surface area contributed by atoms with Gasteiger partial charge in [0.2, 0.25) is 11.1 Å². The molecule has 1 aromatic heterocycles. The van der Waals surface area contributed by atoms with Crippen molar-refractivity contribution in [1.82, 2.24) is 14.8 Å². The van der Waals surface area contributed by atoms with Crippen molar-refractivity contribution in [2.45, 2.75) is 50.8 Å². The number of aromatic nitrogens is 3. The van der Waals surface area contributed by atoms with Crippen LogP contribution in [0.25, 0.3) is 0 Å². The van der Waals surface area contributed by atoms with Crippen LogP contribution < -0.4 is 10.1 Å². The molecule has 34 heavy (non-hydrogen) atoms. The molecule has 0 radical (unpaired) electrons. The molecule has 2 aromatic carbocycles. The number of nitrogens with zero attached hydrogens (tertiary/aromatic N) is 3. The van der Waals surface area contributed by atoms with Crippen molar-refractivity contribution < 1.29 is 14.3 Å². The molecule has 0 fully saturated rings. The first-order valence-corrected chi connectivity index (χ1v) is 12.5. The molecule has 7 nitrogen and oxygen atoms in total. The van der Waals surface area contributed by atoms with Crippen LogP contribution in [-0.2, 0) is 15.3 Å². The Morgan fingerprint density at radius 3 is 2.62 bits per heavy atom. The van der Waals surface area contributed by atoms with Crippen LogP contribution >= 0.6 is 23.4 Å². The van der Waals surface area contributed by atoms with E-state index in [9.17, 15) is 4.79 Å². The number of fused-ring (bicyclic) bond motifs is 1. The average molecular weight is 499 g/mol. The monoisotopic (exact) mass is 498 g/mol. The maximum absolute atomic E-state index is 12.9. The minimum Gasteiger partial charge on any atom is -0.491 e. The van der Waals surface area contributed by atoms with Gasteiger partial charge in [-0.2, -0.15) is 4.98 Å². The third-order valence-corrected chi connectivity index (χ3v) is 6.47. The second kappa shape index (κ2) is 10.5. The molecule has 0 amide bonds. The summed E-state index contributed by atoms with van der Waals surface area (Å²) in [6.07, 6.45) is 0.0709. The molecule has 4 rings (SSSR count). The highest BCUT2D eigenvalue weighted by atomic mass is 35.5. The van der Waals surface area contributed by atoms with Crippen molar-refractivity contribution in [2.24, 2.45) is 0 Å². The van der Waals surface area contributed by atoms with Crippen molar-refractivity contribution in [3.8, 4) is 5.75 Å². The van der Waals surface area contributed by atoms with Gasteiger partial charge in [0, 0.05) is 16.5 Å². The summed E-state index contributed by atoms with van der Waals surface area (Å²) >= 11 is 7.79. The lowest BCUT2D eigenvalue weighted by molar-refractivity contribution is -0.139. The van der Waals surface area contributed by atoms with Gasteiger partial charge in [0.05, 0.1) is 18.3 Å². The Kier molecular flexibility index (Phi) is 7.48. The van der Waals surface area contributed by atoms with E-state index in [4.69, 9.17) is 26.2 Å². The molecule has 178 valence electrons. The van der Waals surface area contributed by atoms with Gasteiger partial charge in [-0.3, -0.25) is 0 Å². The van der Waals surface area contributed by atoms with Gasteiger partial charge in [-0.15, -0.1) is 5.10 Å². The number of hydrogen-bond donors (Lipinski definition) is 1. The highest BCUT2D eigenvalue weighted by Crippen LogP contribution is 2.37. The van der Waals surface area contributed by atoms with E-state index < -0.39 is 6.04 Å². The normalized spacial score (nSPS) is 15.2. The van der Waals surface area contributed by atoms with Gasteiger partial charge in [0.15, 0.2) is 0 Å². The summed E-state index contributed by atoms with van der Waals surface area (Å²) in [5, 5.41) is 9.26. The maximum atomic E-state index is 12.9. The van der Waals surface area contributed by atoms with Crippen LogP contribution in [0.5, 0.6) is 5.75 Å². The van der Waals surface area contributed by atoms with Crippen LogP contribution in [0.15, 0.2) is 65.0 Å². The number of halogens is 1. The average Bonchev–Trinajstić information content (AvgIpc) is 3.20. The summed E-state index contributed by atoms with van der Waals surface area (Å²) in [5.74, 6) is 1.58. The Morgan fingerprint density at radius 2 is 1.94 bits per heavy atom. The van der Waals surface area contributed by atoms with Gasteiger partial charge >= 0.3 is 5.97 Å². The fraction of sp³-hybridized carbons (Fsp3) is 0.320. The topological polar surface area (TPSA) is 78.3 Å². The smallest absolute Gasteiger partial charge is 0.338 e. The SMILES string of the molecule is CCOC(=O)C1=C(C)Nc2nc(SCc3ccccc3Cl)nn2C1c1ccc(OC(C)C)cc1. The third kappa shape index (κ3) is 5.23. The molecule has 1 aliphatic heterocycles. The Balaban J connectivity index is 1.68. The van der Waals surface area contributed by atoms with Gasteiger partial charge in [-0.1, -0.05) is 53.7 Å². The largest absolute Gasteiger partial charge is 0.491 e. The van der Waals surface area contributed by atoms with E-state index in [2.05, 4.69) is 10.3 Å². The standard InChI is InChI=1S/C25H27ClN4O3S/c1-5-32-23(31)21-16(4)27-24-28-25(34-14-18-8-6-7-9-20(18)26)29-30(24)22(21)17-10-12-19(13-11-17)33-15(2)3/h6-13,15,22H,5,14H2,1-4H3,(H,27,28,29). The van der Waals surface area contributed by atoms with Gasteiger partial charge in [-0.05, 0) is 57.0 Å². The molecule has 1 N–H and O–H groups in total. The molecular weight excluding hydrogens is 472 g/mol. The first-order valence-electron chi connectivity index (χ1n) is 11.1. The highest BCUT2D eigenvalue weighted by Gasteiger charge is 2.35. The van der Waals surface area contributed by atoms with Crippen LogP contribution in [0.3, 0.4) is 0 Å². The predicted octanol–water partition coefficient (Wildman–Crippen LogP) is 5.86. The van der Waals surface area contributed by atoms with Gasteiger partial charge in [0.1, 0.15) is 11.8 Å². The van der Waals surface area contributed by atoms with Gasteiger partial charge in [0.25, 0.3) is 0 Å². The number of nitrogens with one attached hydrogen (secondary N) is 1. The van der Waals surface area contributed by atoms with E-state index in [1.54, 1.807) is 11.6 Å². The summed E-state index contributed by atoms with van der Waals surface area (Å²) in [6, 6.07) is 14.9. The molecule has 0 saturated heterocycles. The Hall–Kier alpha value is -2.97. The Bertz CT molecular complexity index is 1210. The van der Waals surface area contributed by atoms with Crippen molar-refractivity contribution in [1.29, 1.82) is 0 Å². The van der Waals surface area contributed by atoms with Crippen molar-refractivity contribution in [3.63, 3.8) is 0 Å². The zero-order valence-corrected chi connectivity index (χ0v) is 21.1. The highest BCUT2D eigenvalue weighted by molar-refractivity contribution is 7.98. The molecule has 0 aliphatic carbocycles. The summed E-state index contributed by atoms with van der Waals surface area (Å²) in [7, 11) is 0. The number of carbonyl (C=O) groups is 1. The molecule has 1 unspecified atom stereocenters. The van der Waals surface area contributed by atoms with Crippen LogP contribution in [0.1, 0.15) is 44.9 Å². The van der Waals surface area contributed by atoms with E-state index in [0.29, 0.717) is 33.2 Å². The predicted molar refractivity (Wildman–Crippen MR) is 134 cm³/mol. The van der Waals surface area contributed by atoms with E-state index >= 15 is 0 Å². The van der Waals surface area contributed by atoms with Crippen molar-refractivity contribution in [3.05, 3.63) is 76.0 Å². The van der Waals surface area contributed by atoms with Crippen molar-refractivity contribution in [2.75, 3.05) is 11.9 Å². The zero-order valence-electron chi connectivity index (χ0n) is 19.5. The molecule has 1 atom stereocenters. The molecular formula is C25H27ClN4O3S. The first kappa shape index (κ1) is 24.2. The van der Waals surface area contributed by atoms with E-state index in [1.165, 1.54) is 11.8 Å². The lowest BCUT2D eigenvalue weighted by Crippen LogP contribution is -2.29. The lowest BCUT2D eigenvalue weighted by atomic mass is 9.96. The fourth-order valence-corrected chi connectivity index (χ4v) is 4.85. The van der Waals surface area contributed by atoms with E-state index in [-0.39, 0.29) is 18.7 Å². The third-order valence-electron chi connectivity index (χ3n) is 5.21. The van der Waals surface area contributed by atoms with Crippen LogP contribution in [0, 0.1) is 0 Å². The number of esters is 1. The van der Waals surface area contributed by atoms with E-state index in [0.717, 1.165) is 16.9 Å². The summed E-state index contributed by atoms with van der Waals surface area (Å²) in [4.78, 5) is 17.6. The molecule has 1 aliphatic rings. The maximum Gasteiger partial charge on any atom is 0.338 e. The number of allylic oxidation sites excluding steroid dienone is 1. The minimum atomic E-state index is -0.481. The quantitative estimate of drug-likeness (QED) is 0.307. The second-order valence-corrected chi connectivity index (χ2v) is 9.41. The zero-order chi connectivity index (χ0) is 24.2. The molecule has 0 spiro atoms. The summed E-state index contributed by atoms with van der Waals surface area (Å²) < 4.78 is 12.9. The first-order chi connectivity index (χ1) is 16.4. The van der Waals surface area contributed by atoms with Crippen LogP contribution in [-0.4, -0.2) is 33.4 Å². The number of rotatable bonds is 8. The molecule has 2 heterocycles. The number of thioether (sulfide) groups is 1. The molecule has 0 saturated carbocycles. The molecule has 0 bridgehead atoms. The fourth-order valence-electron chi connectivity index (χ4n) is 3.73.